The highest BCUT2D eigenvalue weighted by Crippen LogP contribution is 2.19. The van der Waals surface area contributed by atoms with Crippen LogP contribution in [-0.4, -0.2) is 55.2 Å². The highest BCUT2D eigenvalue weighted by atomic mass is 16.5. The van der Waals surface area contributed by atoms with Crippen LogP contribution in [0.5, 0.6) is 0 Å². The van der Waals surface area contributed by atoms with E-state index in [-0.39, 0.29) is 5.92 Å². The standard InChI is InChI=1S/C17H25N3O2/c21-17(15-4-7-18-8-5-15)20-9-10-22-13-14(12-20)11-16-3-1-2-6-19-16/h1-3,6,14-15,18H,4-5,7-13H2/t14-/m1/s1. The summed E-state index contributed by atoms with van der Waals surface area (Å²) in [6.45, 7) is 4.79. The first-order valence-corrected chi connectivity index (χ1v) is 8.30. The first-order chi connectivity index (χ1) is 10.8. The van der Waals surface area contributed by atoms with Gasteiger partial charge in [-0.05, 0) is 44.5 Å². The van der Waals surface area contributed by atoms with Gasteiger partial charge in [-0.15, -0.1) is 0 Å². The van der Waals surface area contributed by atoms with E-state index in [9.17, 15) is 4.79 Å². The van der Waals surface area contributed by atoms with Crippen LogP contribution in [0.4, 0.5) is 0 Å². The smallest absolute Gasteiger partial charge is 0.225 e. The lowest BCUT2D eigenvalue weighted by Crippen LogP contribution is -2.43. The van der Waals surface area contributed by atoms with Gasteiger partial charge in [-0.2, -0.15) is 0 Å². The average Bonchev–Trinajstić information content (AvgIpc) is 2.81. The van der Waals surface area contributed by atoms with Crippen LogP contribution < -0.4 is 5.32 Å². The van der Waals surface area contributed by atoms with Gasteiger partial charge >= 0.3 is 0 Å². The molecule has 1 N–H and O–H groups in total. The summed E-state index contributed by atoms with van der Waals surface area (Å²) in [7, 11) is 0. The van der Waals surface area contributed by atoms with Crippen molar-refractivity contribution in [3.05, 3.63) is 30.1 Å². The third-order valence-electron chi connectivity index (χ3n) is 4.56. The molecule has 5 nitrogen and oxygen atoms in total. The third kappa shape index (κ3) is 4.05. The van der Waals surface area contributed by atoms with Crippen LogP contribution in [0.15, 0.2) is 24.4 Å². The predicted molar refractivity (Wildman–Crippen MR) is 84.4 cm³/mol. The number of ether oxygens (including phenoxy) is 1. The second kappa shape index (κ2) is 7.70. The molecule has 0 aromatic carbocycles. The minimum absolute atomic E-state index is 0.190. The van der Waals surface area contributed by atoms with Crippen molar-refractivity contribution in [2.24, 2.45) is 11.8 Å². The van der Waals surface area contributed by atoms with E-state index < -0.39 is 0 Å². The first-order valence-electron chi connectivity index (χ1n) is 8.30. The Morgan fingerprint density at radius 3 is 3.00 bits per heavy atom. The molecule has 1 aromatic heterocycles. The Morgan fingerprint density at radius 1 is 1.36 bits per heavy atom. The summed E-state index contributed by atoms with van der Waals surface area (Å²) in [5, 5.41) is 3.32. The summed E-state index contributed by atoms with van der Waals surface area (Å²) in [6, 6.07) is 5.99. The zero-order chi connectivity index (χ0) is 15.2. The fraction of sp³-hybridized carbons (Fsp3) is 0.647. The molecule has 5 heteroatoms. The highest BCUT2D eigenvalue weighted by molar-refractivity contribution is 5.79. The number of amides is 1. The summed E-state index contributed by atoms with van der Waals surface area (Å²) >= 11 is 0. The summed E-state index contributed by atoms with van der Waals surface area (Å²) in [6.07, 6.45) is 4.61. The van der Waals surface area contributed by atoms with Crippen molar-refractivity contribution in [1.29, 1.82) is 0 Å². The number of rotatable bonds is 3. The maximum Gasteiger partial charge on any atom is 0.225 e. The van der Waals surface area contributed by atoms with Crippen LogP contribution in [0.25, 0.3) is 0 Å². The fourth-order valence-corrected chi connectivity index (χ4v) is 3.35. The molecule has 22 heavy (non-hydrogen) atoms. The molecule has 0 saturated carbocycles. The van der Waals surface area contributed by atoms with Gasteiger partial charge < -0.3 is 15.0 Å². The normalized spacial score (nSPS) is 24.0. The fourth-order valence-electron chi connectivity index (χ4n) is 3.35. The topological polar surface area (TPSA) is 54.5 Å². The molecule has 3 rings (SSSR count). The van der Waals surface area contributed by atoms with Crippen LogP contribution in [0, 0.1) is 11.8 Å². The molecule has 2 aliphatic heterocycles. The number of nitrogens with one attached hydrogen (secondary N) is 1. The largest absolute Gasteiger partial charge is 0.379 e. The van der Waals surface area contributed by atoms with Crippen molar-refractivity contribution < 1.29 is 9.53 Å². The van der Waals surface area contributed by atoms with Gasteiger partial charge in [0.25, 0.3) is 0 Å². The Morgan fingerprint density at radius 2 is 2.23 bits per heavy atom. The van der Waals surface area contributed by atoms with Gasteiger partial charge in [0, 0.05) is 36.8 Å². The number of carbonyl (C=O) groups is 1. The van der Waals surface area contributed by atoms with Gasteiger partial charge in [-0.1, -0.05) is 6.07 Å². The number of nitrogens with zero attached hydrogens (tertiary/aromatic N) is 2. The zero-order valence-electron chi connectivity index (χ0n) is 13.0. The number of hydrogen-bond acceptors (Lipinski definition) is 4. The Hall–Kier alpha value is -1.46. The van der Waals surface area contributed by atoms with Crippen LogP contribution in [0.2, 0.25) is 0 Å². The summed E-state index contributed by atoms with van der Waals surface area (Å²) in [5.74, 6) is 0.843. The van der Waals surface area contributed by atoms with Crippen LogP contribution in [0.3, 0.4) is 0 Å². The van der Waals surface area contributed by atoms with Crippen molar-refractivity contribution in [3.8, 4) is 0 Å². The Labute approximate surface area is 132 Å². The lowest BCUT2D eigenvalue weighted by Gasteiger charge is -2.30. The minimum Gasteiger partial charge on any atom is -0.379 e. The Balaban J connectivity index is 1.60. The van der Waals surface area contributed by atoms with E-state index in [0.29, 0.717) is 25.0 Å². The van der Waals surface area contributed by atoms with Gasteiger partial charge in [-0.3, -0.25) is 9.78 Å². The molecule has 3 heterocycles. The van der Waals surface area contributed by atoms with Gasteiger partial charge in [0.2, 0.25) is 5.91 Å². The summed E-state index contributed by atoms with van der Waals surface area (Å²) in [4.78, 5) is 19.2. The van der Waals surface area contributed by atoms with Crippen molar-refractivity contribution in [3.63, 3.8) is 0 Å². The summed E-state index contributed by atoms with van der Waals surface area (Å²) in [5.41, 5.74) is 1.08. The molecule has 0 spiro atoms. The molecule has 2 saturated heterocycles. The van der Waals surface area contributed by atoms with Crippen molar-refractivity contribution in [2.75, 3.05) is 39.4 Å². The number of aromatic nitrogens is 1. The number of pyridine rings is 1. The van der Waals surface area contributed by atoms with Gasteiger partial charge in [0.05, 0.1) is 13.2 Å². The minimum atomic E-state index is 0.190. The van der Waals surface area contributed by atoms with E-state index in [4.69, 9.17) is 4.74 Å². The van der Waals surface area contributed by atoms with Gasteiger partial charge in [0.1, 0.15) is 0 Å². The highest BCUT2D eigenvalue weighted by Gasteiger charge is 2.29. The molecule has 1 atom stereocenters. The Kier molecular flexibility index (Phi) is 5.40. The second-order valence-corrected chi connectivity index (χ2v) is 6.27. The van der Waals surface area contributed by atoms with Crippen LogP contribution >= 0.6 is 0 Å². The van der Waals surface area contributed by atoms with Gasteiger partial charge in [0.15, 0.2) is 0 Å². The molecule has 0 aliphatic carbocycles. The zero-order valence-corrected chi connectivity index (χ0v) is 13.0. The van der Waals surface area contributed by atoms with E-state index >= 15 is 0 Å². The molecule has 0 unspecified atom stereocenters. The molecule has 0 bridgehead atoms. The molecule has 2 aliphatic rings. The van der Waals surface area contributed by atoms with Crippen molar-refractivity contribution >= 4 is 5.91 Å². The van der Waals surface area contributed by atoms with E-state index in [1.54, 1.807) is 0 Å². The first kappa shape index (κ1) is 15.4. The third-order valence-corrected chi connectivity index (χ3v) is 4.56. The molecular weight excluding hydrogens is 278 g/mol. The molecule has 1 amide bonds. The molecule has 0 radical (unpaired) electrons. The number of piperidine rings is 1. The predicted octanol–water partition coefficient (Wildman–Crippen LogP) is 1.10. The maximum absolute atomic E-state index is 12.7. The summed E-state index contributed by atoms with van der Waals surface area (Å²) < 4.78 is 5.71. The van der Waals surface area contributed by atoms with E-state index in [1.807, 2.05) is 29.3 Å². The molecular formula is C17H25N3O2. The number of hydrogen-bond donors (Lipinski definition) is 1. The quantitative estimate of drug-likeness (QED) is 0.908. The number of carbonyl (C=O) groups excluding carboxylic acids is 1. The SMILES string of the molecule is O=C(C1CCNCC1)N1CCOC[C@H](Cc2ccccn2)C1. The van der Waals surface area contributed by atoms with Crippen molar-refractivity contribution in [1.82, 2.24) is 15.2 Å². The Bertz CT molecular complexity index is 474. The lowest BCUT2D eigenvalue weighted by molar-refractivity contribution is -0.136. The lowest BCUT2D eigenvalue weighted by atomic mass is 9.95. The molecule has 2 fully saturated rings. The second-order valence-electron chi connectivity index (χ2n) is 6.27. The van der Waals surface area contributed by atoms with Crippen LogP contribution in [-0.2, 0) is 16.0 Å². The van der Waals surface area contributed by atoms with Crippen LogP contribution in [0.1, 0.15) is 18.5 Å². The van der Waals surface area contributed by atoms with Gasteiger partial charge in [-0.25, -0.2) is 0 Å². The van der Waals surface area contributed by atoms with E-state index in [2.05, 4.69) is 10.3 Å². The molecule has 1 aromatic rings. The van der Waals surface area contributed by atoms with E-state index in [1.165, 1.54) is 0 Å². The average molecular weight is 303 g/mol. The maximum atomic E-state index is 12.7. The monoisotopic (exact) mass is 303 g/mol. The van der Waals surface area contributed by atoms with E-state index in [0.717, 1.165) is 51.1 Å². The van der Waals surface area contributed by atoms with Crippen molar-refractivity contribution in [2.45, 2.75) is 19.3 Å². The molecule has 120 valence electrons.